The fourth-order valence-electron chi connectivity index (χ4n) is 7.38. The van der Waals surface area contributed by atoms with Gasteiger partial charge in [0.2, 0.25) is 0 Å². The normalized spacial score (nSPS) is 12.5. The first-order valence-corrected chi connectivity index (χ1v) is 18.3. The van der Waals surface area contributed by atoms with Crippen molar-refractivity contribution in [3.8, 4) is 66.9 Å². The molecule has 0 amide bonds. The van der Waals surface area contributed by atoms with Crippen molar-refractivity contribution in [1.82, 2.24) is 20.3 Å². The summed E-state index contributed by atoms with van der Waals surface area (Å²) in [4.78, 5) is 17.9. The van der Waals surface area contributed by atoms with E-state index >= 15 is 0 Å². The lowest BCUT2D eigenvalue weighted by Crippen LogP contribution is -2.11. The van der Waals surface area contributed by atoms with Crippen LogP contribution in [0.1, 0.15) is 5.69 Å². The molecule has 4 heterocycles. The number of para-hydroxylation sites is 1. The van der Waals surface area contributed by atoms with Crippen molar-refractivity contribution in [2.45, 2.75) is 0 Å². The molecule has 0 aliphatic carbocycles. The van der Waals surface area contributed by atoms with Gasteiger partial charge in [0.15, 0.2) is 0 Å². The van der Waals surface area contributed by atoms with E-state index in [1.165, 1.54) is 0 Å². The molecule has 9 aromatic rings. The van der Waals surface area contributed by atoms with Gasteiger partial charge in [-0.1, -0.05) is 84.9 Å². The van der Waals surface area contributed by atoms with Crippen molar-refractivity contribution in [2.75, 3.05) is 6.67 Å². The predicted octanol–water partition coefficient (Wildman–Crippen LogP) is 11.7. The van der Waals surface area contributed by atoms with E-state index in [0.717, 1.165) is 100 Å². The summed E-state index contributed by atoms with van der Waals surface area (Å²) in [7, 11) is 0. The quantitative estimate of drug-likeness (QED) is 0.178. The van der Waals surface area contributed by atoms with Gasteiger partial charge in [0.1, 0.15) is 24.2 Å². The minimum atomic E-state index is 0.584. The van der Waals surface area contributed by atoms with E-state index in [2.05, 4.69) is 154 Å². The molecule has 6 heteroatoms. The van der Waals surface area contributed by atoms with E-state index in [9.17, 15) is 0 Å². The average molecular weight is 708 g/mol. The summed E-state index contributed by atoms with van der Waals surface area (Å²) in [6, 6.07) is 53.7. The van der Waals surface area contributed by atoms with E-state index in [0.29, 0.717) is 6.67 Å². The van der Waals surface area contributed by atoms with E-state index in [4.69, 9.17) is 9.40 Å². The molecule has 0 saturated carbocycles. The van der Waals surface area contributed by atoms with Gasteiger partial charge in [-0.05, 0) is 117 Å². The van der Waals surface area contributed by atoms with Crippen LogP contribution in [0.4, 0.5) is 0 Å². The Balaban J connectivity index is 1.09. The second-order valence-corrected chi connectivity index (χ2v) is 13.7. The number of hydrogen-bond acceptors (Lipinski definition) is 6. The van der Waals surface area contributed by atoms with Crippen LogP contribution in [0.25, 0.3) is 94.4 Å². The molecule has 10 rings (SSSR count). The summed E-state index contributed by atoms with van der Waals surface area (Å²) in [6.07, 6.45) is 9.10. The van der Waals surface area contributed by atoms with Gasteiger partial charge in [0, 0.05) is 52.3 Å². The van der Waals surface area contributed by atoms with Gasteiger partial charge >= 0.3 is 0 Å². The first-order chi connectivity index (χ1) is 27.2. The molecule has 0 saturated heterocycles. The Bertz CT molecular complexity index is 2940. The minimum absolute atomic E-state index is 0.584. The Kier molecular flexibility index (Phi) is 8.11. The first-order valence-electron chi connectivity index (χ1n) is 18.3. The Labute approximate surface area is 318 Å². The molecule has 55 heavy (non-hydrogen) atoms. The van der Waals surface area contributed by atoms with Crippen molar-refractivity contribution in [3.05, 3.63) is 182 Å². The highest BCUT2D eigenvalue weighted by atomic mass is 16.3. The van der Waals surface area contributed by atoms with Crippen LogP contribution < -0.4 is 5.32 Å². The number of pyridine rings is 1. The van der Waals surface area contributed by atoms with Crippen LogP contribution in [-0.2, 0) is 0 Å². The highest BCUT2D eigenvalue weighted by Crippen LogP contribution is 2.38. The molecule has 6 aromatic carbocycles. The van der Waals surface area contributed by atoms with Crippen molar-refractivity contribution in [1.29, 1.82) is 0 Å². The molecule has 0 bridgehead atoms. The maximum Gasteiger partial charge on any atom is 0.135 e. The van der Waals surface area contributed by atoms with Crippen molar-refractivity contribution < 1.29 is 4.42 Å². The Hall–Kier alpha value is -7.44. The first kappa shape index (κ1) is 32.2. The van der Waals surface area contributed by atoms with Crippen molar-refractivity contribution in [3.63, 3.8) is 0 Å². The van der Waals surface area contributed by atoms with Crippen LogP contribution in [0.3, 0.4) is 0 Å². The summed E-state index contributed by atoms with van der Waals surface area (Å²) in [5.41, 5.74) is 16.6. The van der Waals surface area contributed by atoms with Gasteiger partial charge in [-0.25, -0.2) is 15.0 Å². The van der Waals surface area contributed by atoms with E-state index in [1.54, 1.807) is 6.33 Å². The summed E-state index contributed by atoms with van der Waals surface area (Å²) >= 11 is 0. The van der Waals surface area contributed by atoms with Gasteiger partial charge in [0.05, 0.1) is 11.4 Å². The zero-order chi connectivity index (χ0) is 36.6. The molecule has 0 radical (unpaired) electrons. The van der Waals surface area contributed by atoms with Crippen LogP contribution in [-0.4, -0.2) is 27.8 Å². The summed E-state index contributed by atoms with van der Waals surface area (Å²) in [6.45, 7) is 0.584. The second kappa shape index (κ2) is 13.8. The molecule has 260 valence electrons. The Morgan fingerprint density at radius 1 is 0.436 bits per heavy atom. The van der Waals surface area contributed by atoms with Gasteiger partial charge in [-0.2, -0.15) is 0 Å². The fraction of sp³-hybridized carbons (Fsp3) is 0.0204. The lowest BCUT2D eigenvalue weighted by Gasteiger charge is -2.14. The summed E-state index contributed by atoms with van der Waals surface area (Å²) in [5.74, 6) is 0. The fourth-order valence-corrected chi connectivity index (χ4v) is 7.38. The number of rotatable bonds is 7. The van der Waals surface area contributed by atoms with Gasteiger partial charge in [0.25, 0.3) is 0 Å². The van der Waals surface area contributed by atoms with E-state index in [1.807, 2.05) is 43.0 Å². The van der Waals surface area contributed by atoms with Crippen LogP contribution in [0, 0.1) is 0 Å². The molecule has 6 nitrogen and oxygen atoms in total. The van der Waals surface area contributed by atoms with Crippen LogP contribution >= 0.6 is 0 Å². The standard InChI is InChI=1S/C49H33N5O/c1-2-16-48-44(13-1)45-25-37(17-18-49(45)55-48)41-23-39(34-9-3-7-32(19-34)33-8-4-11-36(20-33)42-26-50-30-51-27-42)22-40(24-41)35-10-5-12-38(21-35)46-14-6-15-47(54-46)43-28-52-31-53-29-43/h1-30,52H,31H2. The molecular weight excluding hydrogens is 675 g/mol. The molecule has 0 fully saturated rings. The Morgan fingerprint density at radius 2 is 0.982 bits per heavy atom. The number of allylic oxidation sites excluding steroid dienone is 1. The average Bonchev–Trinajstić information content (AvgIpc) is 3.65. The number of hydrogen-bond donors (Lipinski definition) is 1. The third-order valence-corrected chi connectivity index (χ3v) is 10.1. The molecule has 3 aromatic heterocycles. The van der Waals surface area contributed by atoms with Crippen LogP contribution in [0.2, 0.25) is 0 Å². The van der Waals surface area contributed by atoms with Gasteiger partial charge in [-0.3, -0.25) is 4.99 Å². The third kappa shape index (κ3) is 6.36. The number of furan rings is 1. The number of aliphatic imine (C=N–C) groups is 1. The maximum atomic E-state index is 6.20. The molecule has 1 aliphatic rings. The number of fused-ring (bicyclic) bond motifs is 3. The molecule has 0 spiro atoms. The third-order valence-electron chi connectivity index (χ3n) is 10.1. The monoisotopic (exact) mass is 707 g/mol. The van der Waals surface area contributed by atoms with Crippen molar-refractivity contribution >= 4 is 33.7 Å². The predicted molar refractivity (Wildman–Crippen MR) is 224 cm³/mol. The molecule has 1 aliphatic heterocycles. The SMILES string of the molecule is C1=NCNC=C1c1cccc(-c2cccc(-c3cc(-c4cccc(-c5cccc(-c6cncnc6)c5)c4)cc(-c4ccc5oc6ccccc6c5c4)c3)c2)n1. The second-order valence-electron chi connectivity index (χ2n) is 13.7. The highest BCUT2D eigenvalue weighted by Gasteiger charge is 2.14. The molecular formula is C49H33N5O. The maximum absolute atomic E-state index is 6.20. The van der Waals surface area contributed by atoms with Gasteiger partial charge < -0.3 is 9.73 Å². The molecule has 0 unspecified atom stereocenters. The lowest BCUT2D eigenvalue weighted by molar-refractivity contribution is 0.669. The van der Waals surface area contributed by atoms with E-state index in [-0.39, 0.29) is 0 Å². The smallest absolute Gasteiger partial charge is 0.135 e. The van der Waals surface area contributed by atoms with Crippen LogP contribution in [0.15, 0.2) is 186 Å². The summed E-state index contributed by atoms with van der Waals surface area (Å²) in [5, 5.41) is 5.41. The minimum Gasteiger partial charge on any atom is -0.456 e. The number of aromatic nitrogens is 3. The zero-order valence-corrected chi connectivity index (χ0v) is 29.7. The number of nitrogens with one attached hydrogen (secondary N) is 1. The summed E-state index contributed by atoms with van der Waals surface area (Å²) < 4.78 is 6.20. The lowest BCUT2D eigenvalue weighted by atomic mass is 9.91. The zero-order valence-electron chi connectivity index (χ0n) is 29.7. The molecule has 0 atom stereocenters. The Morgan fingerprint density at radius 3 is 1.67 bits per heavy atom. The van der Waals surface area contributed by atoms with E-state index < -0.39 is 0 Å². The van der Waals surface area contributed by atoms with Crippen molar-refractivity contribution in [2.24, 2.45) is 4.99 Å². The number of nitrogens with zero attached hydrogens (tertiary/aromatic N) is 4. The topological polar surface area (TPSA) is 76.2 Å². The highest BCUT2D eigenvalue weighted by molar-refractivity contribution is 6.09. The largest absolute Gasteiger partial charge is 0.456 e. The van der Waals surface area contributed by atoms with Gasteiger partial charge in [-0.15, -0.1) is 0 Å². The number of benzene rings is 6. The van der Waals surface area contributed by atoms with Crippen LogP contribution in [0.5, 0.6) is 0 Å². The molecule has 1 N–H and O–H groups in total.